The standard InChI is InChI=1S/C17H24/c1-13-6-8-14(9-7-13)12-15-10-11-16(2,3)17(15,4)5/h6-9,12H,10-11H2,1-5H3/b15-12-. The van der Waals surface area contributed by atoms with Gasteiger partial charge in [0, 0.05) is 0 Å². The minimum Gasteiger partial charge on any atom is -0.0634 e. The Morgan fingerprint density at radius 2 is 1.59 bits per heavy atom. The molecular formula is C17H24. The van der Waals surface area contributed by atoms with Crippen LogP contribution in [0, 0.1) is 17.8 Å². The van der Waals surface area contributed by atoms with E-state index in [4.69, 9.17) is 0 Å². The van der Waals surface area contributed by atoms with Crippen LogP contribution in [0.15, 0.2) is 29.8 Å². The summed E-state index contributed by atoms with van der Waals surface area (Å²) in [7, 11) is 0. The van der Waals surface area contributed by atoms with Crippen LogP contribution in [-0.2, 0) is 0 Å². The topological polar surface area (TPSA) is 0 Å². The highest BCUT2D eigenvalue weighted by Crippen LogP contribution is 2.55. The van der Waals surface area contributed by atoms with E-state index in [0.29, 0.717) is 10.8 Å². The summed E-state index contributed by atoms with van der Waals surface area (Å²) in [5.41, 5.74) is 5.02. The molecule has 0 spiro atoms. The molecule has 92 valence electrons. The van der Waals surface area contributed by atoms with E-state index in [1.54, 1.807) is 5.57 Å². The quantitative estimate of drug-likeness (QED) is 0.618. The lowest BCUT2D eigenvalue weighted by atomic mass is 9.69. The van der Waals surface area contributed by atoms with E-state index in [1.165, 1.54) is 24.0 Å². The van der Waals surface area contributed by atoms with Crippen LogP contribution in [0.4, 0.5) is 0 Å². The molecule has 1 fully saturated rings. The van der Waals surface area contributed by atoms with Gasteiger partial charge in [-0.25, -0.2) is 0 Å². The molecule has 0 radical (unpaired) electrons. The van der Waals surface area contributed by atoms with Gasteiger partial charge in [0.15, 0.2) is 0 Å². The highest BCUT2D eigenvalue weighted by Gasteiger charge is 2.44. The average Bonchev–Trinajstić information content (AvgIpc) is 2.44. The summed E-state index contributed by atoms with van der Waals surface area (Å²) in [6.45, 7) is 11.7. The maximum atomic E-state index is 2.40. The summed E-state index contributed by atoms with van der Waals surface area (Å²) < 4.78 is 0. The summed E-state index contributed by atoms with van der Waals surface area (Å²) in [5.74, 6) is 0. The van der Waals surface area contributed by atoms with Crippen molar-refractivity contribution in [3.8, 4) is 0 Å². The molecule has 0 unspecified atom stereocenters. The van der Waals surface area contributed by atoms with E-state index in [-0.39, 0.29) is 0 Å². The molecule has 0 heterocycles. The molecule has 1 aromatic carbocycles. The third-order valence-corrected chi connectivity index (χ3v) is 4.93. The van der Waals surface area contributed by atoms with Crippen molar-refractivity contribution < 1.29 is 0 Å². The maximum absolute atomic E-state index is 2.40. The van der Waals surface area contributed by atoms with Gasteiger partial charge in [-0.2, -0.15) is 0 Å². The second kappa shape index (κ2) is 4.01. The number of benzene rings is 1. The highest BCUT2D eigenvalue weighted by molar-refractivity contribution is 5.56. The Balaban J connectivity index is 2.33. The molecule has 0 amide bonds. The zero-order valence-corrected chi connectivity index (χ0v) is 11.8. The molecule has 1 aliphatic carbocycles. The van der Waals surface area contributed by atoms with E-state index in [2.05, 4.69) is 65.0 Å². The van der Waals surface area contributed by atoms with Crippen LogP contribution in [-0.4, -0.2) is 0 Å². The lowest BCUT2D eigenvalue weighted by Crippen LogP contribution is -2.27. The zero-order valence-electron chi connectivity index (χ0n) is 11.8. The van der Waals surface area contributed by atoms with Gasteiger partial charge in [0.05, 0.1) is 0 Å². The number of hydrogen-bond acceptors (Lipinski definition) is 0. The zero-order chi connectivity index (χ0) is 12.7. The van der Waals surface area contributed by atoms with E-state index < -0.39 is 0 Å². The van der Waals surface area contributed by atoms with Crippen LogP contribution in [0.2, 0.25) is 0 Å². The van der Waals surface area contributed by atoms with E-state index >= 15 is 0 Å². The predicted octanol–water partition coefficient (Wildman–Crippen LogP) is 5.22. The highest BCUT2D eigenvalue weighted by atomic mass is 14.5. The first-order valence-corrected chi connectivity index (χ1v) is 6.61. The van der Waals surface area contributed by atoms with E-state index in [9.17, 15) is 0 Å². The third kappa shape index (κ3) is 2.18. The molecule has 0 atom stereocenters. The number of allylic oxidation sites excluding steroid dienone is 1. The summed E-state index contributed by atoms with van der Waals surface area (Å²) in [4.78, 5) is 0. The first-order chi connectivity index (χ1) is 7.83. The Hall–Kier alpha value is -1.04. The summed E-state index contributed by atoms with van der Waals surface area (Å²) >= 11 is 0. The third-order valence-electron chi connectivity index (χ3n) is 4.93. The average molecular weight is 228 g/mol. The van der Waals surface area contributed by atoms with Crippen molar-refractivity contribution in [2.45, 2.75) is 47.5 Å². The van der Waals surface area contributed by atoms with E-state index in [1.807, 2.05) is 0 Å². The fourth-order valence-corrected chi connectivity index (χ4v) is 2.62. The number of aryl methyl sites for hydroxylation is 1. The Kier molecular flexibility index (Phi) is 2.93. The fraction of sp³-hybridized carbons (Fsp3) is 0.529. The molecular weight excluding hydrogens is 204 g/mol. The normalized spacial score (nSPS) is 24.2. The molecule has 0 heteroatoms. The molecule has 0 nitrogen and oxygen atoms in total. The fourth-order valence-electron chi connectivity index (χ4n) is 2.62. The number of rotatable bonds is 1. The van der Waals surface area contributed by atoms with Crippen molar-refractivity contribution in [3.05, 3.63) is 41.0 Å². The van der Waals surface area contributed by atoms with Crippen molar-refractivity contribution >= 4 is 6.08 Å². The van der Waals surface area contributed by atoms with Gasteiger partial charge in [-0.3, -0.25) is 0 Å². The second-order valence-corrected chi connectivity index (χ2v) is 6.59. The van der Waals surface area contributed by atoms with Crippen molar-refractivity contribution in [2.75, 3.05) is 0 Å². The van der Waals surface area contributed by atoms with Gasteiger partial charge in [-0.15, -0.1) is 0 Å². The van der Waals surface area contributed by atoms with Gasteiger partial charge >= 0.3 is 0 Å². The van der Waals surface area contributed by atoms with Gasteiger partial charge in [0.25, 0.3) is 0 Å². The molecule has 17 heavy (non-hydrogen) atoms. The molecule has 0 saturated heterocycles. The van der Waals surface area contributed by atoms with Gasteiger partial charge in [-0.1, -0.05) is 69.2 Å². The van der Waals surface area contributed by atoms with Gasteiger partial charge in [0.1, 0.15) is 0 Å². The Morgan fingerprint density at radius 1 is 1.00 bits per heavy atom. The minimum atomic E-state index is 0.317. The van der Waals surface area contributed by atoms with Crippen LogP contribution in [0.1, 0.15) is 51.7 Å². The maximum Gasteiger partial charge on any atom is -0.00901 e. The summed E-state index contributed by atoms with van der Waals surface area (Å²) in [5, 5.41) is 0. The van der Waals surface area contributed by atoms with Crippen LogP contribution < -0.4 is 0 Å². The van der Waals surface area contributed by atoms with Gasteiger partial charge in [0.2, 0.25) is 0 Å². The summed E-state index contributed by atoms with van der Waals surface area (Å²) in [6.07, 6.45) is 4.94. The second-order valence-electron chi connectivity index (χ2n) is 6.59. The van der Waals surface area contributed by atoms with Gasteiger partial charge in [-0.05, 0) is 36.2 Å². The molecule has 1 aliphatic rings. The molecule has 1 saturated carbocycles. The summed E-state index contributed by atoms with van der Waals surface area (Å²) in [6, 6.07) is 8.84. The molecule has 0 aromatic heterocycles. The van der Waals surface area contributed by atoms with Crippen molar-refractivity contribution in [3.63, 3.8) is 0 Å². The lowest BCUT2D eigenvalue weighted by Gasteiger charge is -2.36. The van der Waals surface area contributed by atoms with Crippen LogP contribution in [0.3, 0.4) is 0 Å². The van der Waals surface area contributed by atoms with Crippen LogP contribution >= 0.6 is 0 Å². The monoisotopic (exact) mass is 228 g/mol. The Bertz CT molecular complexity index is 430. The lowest BCUT2D eigenvalue weighted by molar-refractivity contribution is 0.189. The predicted molar refractivity (Wildman–Crippen MR) is 76.0 cm³/mol. The molecule has 2 rings (SSSR count). The van der Waals surface area contributed by atoms with Crippen molar-refractivity contribution in [1.82, 2.24) is 0 Å². The molecule has 0 bridgehead atoms. The van der Waals surface area contributed by atoms with Gasteiger partial charge < -0.3 is 0 Å². The largest absolute Gasteiger partial charge is 0.0634 e. The smallest absolute Gasteiger partial charge is 0.00901 e. The number of hydrogen-bond donors (Lipinski definition) is 0. The molecule has 0 aliphatic heterocycles. The molecule has 0 N–H and O–H groups in total. The first-order valence-electron chi connectivity index (χ1n) is 6.61. The molecule has 1 aromatic rings. The van der Waals surface area contributed by atoms with Crippen LogP contribution in [0.25, 0.3) is 6.08 Å². The minimum absolute atomic E-state index is 0.317. The Labute approximate surface area is 106 Å². The first kappa shape index (κ1) is 12.4. The SMILES string of the molecule is Cc1ccc(/C=C2/CCC(C)(C)C2(C)C)cc1. The van der Waals surface area contributed by atoms with Crippen molar-refractivity contribution in [2.24, 2.45) is 10.8 Å². The van der Waals surface area contributed by atoms with E-state index in [0.717, 1.165) is 0 Å². The van der Waals surface area contributed by atoms with Crippen LogP contribution in [0.5, 0.6) is 0 Å². The van der Waals surface area contributed by atoms with Crippen molar-refractivity contribution in [1.29, 1.82) is 0 Å². The Morgan fingerprint density at radius 3 is 2.06 bits per heavy atom.